The van der Waals surface area contributed by atoms with Gasteiger partial charge in [-0.15, -0.1) is 10.2 Å². The maximum atomic E-state index is 8.49. The molecule has 32 heavy (non-hydrogen) atoms. The van der Waals surface area contributed by atoms with Crippen LogP contribution in [0.2, 0.25) is 0 Å². The molecule has 7 heteroatoms. The smallest absolute Gasteiger partial charge is 0.259 e. The minimum atomic E-state index is -4.94. The summed E-state index contributed by atoms with van der Waals surface area (Å²) in [5.41, 5.74) is 4.06. The Labute approximate surface area is 191 Å². The molecule has 0 saturated carbocycles. The maximum absolute atomic E-state index is 8.49. The summed E-state index contributed by atoms with van der Waals surface area (Å²) in [5, 5.41) is 0. The molecule has 3 aromatic carbocycles. The lowest BCUT2D eigenvalue weighted by molar-refractivity contribution is -2.00. The van der Waals surface area contributed by atoms with Crippen molar-refractivity contribution >= 4 is 5.84 Å². The maximum Gasteiger partial charge on any atom is 0.259 e. The Morgan fingerprint density at radius 1 is 0.719 bits per heavy atom. The summed E-state index contributed by atoms with van der Waals surface area (Å²) in [6.45, 7) is 2.35. The third-order valence-corrected chi connectivity index (χ3v) is 5.59. The summed E-state index contributed by atoms with van der Waals surface area (Å²) in [4.78, 5) is 2.59. The van der Waals surface area contributed by atoms with E-state index < -0.39 is 10.2 Å². The van der Waals surface area contributed by atoms with Crippen molar-refractivity contribution in [1.82, 2.24) is 4.90 Å². The van der Waals surface area contributed by atoms with Gasteiger partial charge in [-0.3, -0.25) is 9.48 Å². The normalized spacial score (nSPS) is 18.0. The van der Waals surface area contributed by atoms with Crippen LogP contribution in [0.25, 0.3) is 0 Å². The molecule has 1 saturated heterocycles. The molecule has 3 aromatic rings. The van der Waals surface area contributed by atoms with Crippen LogP contribution in [0.15, 0.2) is 91.0 Å². The second-order valence-corrected chi connectivity index (χ2v) is 8.65. The number of halogens is 1. The fourth-order valence-corrected chi connectivity index (χ4v) is 4.41. The van der Waals surface area contributed by atoms with Crippen molar-refractivity contribution in [2.24, 2.45) is 0 Å². The quantitative estimate of drug-likeness (QED) is 0.524. The molecule has 0 unspecified atom stereocenters. The summed E-state index contributed by atoms with van der Waals surface area (Å²) in [7, 11) is -0.617. The van der Waals surface area contributed by atoms with Crippen LogP contribution >= 0.6 is 0 Å². The Hall–Kier alpha value is -2.74. The summed E-state index contributed by atoms with van der Waals surface area (Å²) in [5.74, 6) is 1.81. The molecule has 0 aromatic heterocycles. The lowest BCUT2D eigenvalue weighted by atomic mass is 9.78. The minimum absolute atomic E-state index is 0.222. The number of likely N-dealkylation sites (tertiary alicyclic amines) is 1. The predicted octanol–water partition coefficient (Wildman–Crippen LogP) is 0.179. The molecule has 2 atom stereocenters. The average molecular weight is 455 g/mol. The number of hydrogen-bond donors (Lipinski definition) is 0. The fraction of sp³-hybridized carbons (Fsp3) is 0.240. The minimum Gasteiger partial charge on any atom is -0.270 e. The second-order valence-electron chi connectivity index (χ2n) is 7.89. The van der Waals surface area contributed by atoms with Gasteiger partial charge in [-0.05, 0) is 12.5 Å². The van der Waals surface area contributed by atoms with Crippen LogP contribution in [-0.4, -0.2) is 35.4 Å². The number of hydrogen-bond acceptors (Lipinski definition) is 4. The van der Waals surface area contributed by atoms with Crippen LogP contribution in [0.3, 0.4) is 0 Å². The Morgan fingerprint density at radius 2 is 1.09 bits per heavy atom. The lowest BCUT2D eigenvalue weighted by Gasteiger charge is -2.47. The van der Waals surface area contributed by atoms with Gasteiger partial charge in [-0.25, -0.2) is 18.6 Å². The standard InChI is InChI=1S/C25H27N2.ClHO4/c1-19-23(20-13-7-4-8-14-20)25(26(2)3)27(19)24(21-15-9-5-10-16-21)22-17-11-6-12-18-22;2-1(3,4)5/h4-19,23-24H,1-3H3;(H,2,3,4,5)/q+1;/p-1/t19-,23-;/m0./s1. The van der Waals surface area contributed by atoms with Crippen LogP contribution in [0.4, 0.5) is 0 Å². The molecule has 168 valence electrons. The molecule has 0 N–H and O–H groups in total. The van der Waals surface area contributed by atoms with E-state index in [2.05, 4.69) is 121 Å². The van der Waals surface area contributed by atoms with Crippen LogP contribution in [0.5, 0.6) is 0 Å². The Bertz CT molecular complexity index is 975. The van der Waals surface area contributed by atoms with E-state index >= 15 is 0 Å². The van der Waals surface area contributed by atoms with E-state index in [1.165, 1.54) is 22.5 Å². The van der Waals surface area contributed by atoms with Crippen LogP contribution in [0, 0.1) is 10.2 Å². The van der Waals surface area contributed by atoms with Crippen molar-refractivity contribution in [3.8, 4) is 0 Å². The molecule has 1 fully saturated rings. The van der Waals surface area contributed by atoms with E-state index in [9.17, 15) is 0 Å². The Kier molecular flexibility index (Phi) is 7.66. The zero-order valence-electron chi connectivity index (χ0n) is 18.3. The SMILES string of the molecule is C[C@H]1[C@@H](c2ccccc2)C(=[N+](C)C)N1C(c1ccccc1)c1ccccc1.[O-][Cl+3]([O-])([O-])[O-]. The highest BCUT2D eigenvalue weighted by Crippen LogP contribution is 2.44. The third-order valence-electron chi connectivity index (χ3n) is 5.59. The number of amidine groups is 1. The first-order chi connectivity index (χ1) is 15.2. The Balaban J connectivity index is 0.000000523. The zero-order valence-corrected chi connectivity index (χ0v) is 19.1. The third kappa shape index (κ3) is 5.73. The van der Waals surface area contributed by atoms with E-state index in [-0.39, 0.29) is 6.04 Å². The van der Waals surface area contributed by atoms with Crippen LogP contribution < -0.4 is 18.6 Å². The van der Waals surface area contributed by atoms with Gasteiger partial charge in [0.05, 0.1) is 14.1 Å². The van der Waals surface area contributed by atoms with E-state index in [1.807, 2.05) is 0 Å². The first-order valence-corrected chi connectivity index (χ1v) is 11.5. The van der Waals surface area contributed by atoms with E-state index in [0.29, 0.717) is 12.0 Å². The van der Waals surface area contributed by atoms with Crippen LogP contribution in [0.1, 0.15) is 35.6 Å². The van der Waals surface area contributed by atoms with Crippen molar-refractivity contribution in [2.75, 3.05) is 14.1 Å². The van der Waals surface area contributed by atoms with Gasteiger partial charge in [0, 0.05) is 11.1 Å². The van der Waals surface area contributed by atoms with E-state index in [0.717, 1.165) is 0 Å². The predicted molar refractivity (Wildman–Crippen MR) is 112 cm³/mol. The largest absolute Gasteiger partial charge is 0.270 e. The van der Waals surface area contributed by atoms with Crippen molar-refractivity contribution in [2.45, 2.75) is 24.9 Å². The zero-order chi connectivity index (χ0) is 23.3. The molecule has 0 aliphatic carbocycles. The first-order valence-electron chi connectivity index (χ1n) is 10.3. The fourth-order valence-electron chi connectivity index (χ4n) is 4.41. The molecule has 1 aliphatic heterocycles. The number of rotatable bonds is 4. The lowest BCUT2D eigenvalue weighted by Crippen LogP contribution is -2.68. The number of benzene rings is 3. The van der Waals surface area contributed by atoms with Gasteiger partial charge in [-0.2, -0.15) is 0 Å². The van der Waals surface area contributed by atoms with E-state index in [1.54, 1.807) is 0 Å². The van der Waals surface area contributed by atoms with Gasteiger partial charge in [0.15, 0.2) is 0 Å². The summed E-state index contributed by atoms with van der Waals surface area (Å²) >= 11 is 0. The second kappa shape index (κ2) is 10.3. The van der Waals surface area contributed by atoms with Crippen molar-refractivity contribution in [3.05, 3.63) is 108 Å². The molecule has 0 radical (unpaired) electrons. The highest BCUT2D eigenvalue weighted by molar-refractivity contribution is 5.92. The highest BCUT2D eigenvalue weighted by atomic mass is 35.7. The van der Waals surface area contributed by atoms with Crippen molar-refractivity contribution in [3.63, 3.8) is 0 Å². The van der Waals surface area contributed by atoms with Gasteiger partial charge < -0.3 is 0 Å². The van der Waals surface area contributed by atoms with E-state index in [4.69, 9.17) is 18.6 Å². The molecule has 0 spiro atoms. The first kappa shape index (κ1) is 23.9. The van der Waals surface area contributed by atoms with Gasteiger partial charge in [0.1, 0.15) is 18.0 Å². The van der Waals surface area contributed by atoms with Crippen molar-refractivity contribution < 1.29 is 33.5 Å². The topological polar surface area (TPSA) is 98.5 Å². The highest BCUT2D eigenvalue weighted by Gasteiger charge is 2.54. The van der Waals surface area contributed by atoms with Crippen LogP contribution in [-0.2, 0) is 0 Å². The molecule has 1 heterocycles. The Morgan fingerprint density at radius 3 is 1.47 bits per heavy atom. The van der Waals surface area contributed by atoms with Gasteiger partial charge >= 0.3 is 0 Å². The molecular weight excluding hydrogens is 428 g/mol. The van der Waals surface area contributed by atoms with Gasteiger partial charge in [-0.1, -0.05) is 91.0 Å². The van der Waals surface area contributed by atoms with Gasteiger partial charge in [0.25, 0.3) is 5.84 Å². The van der Waals surface area contributed by atoms with Gasteiger partial charge in [0.2, 0.25) is 0 Å². The summed E-state index contributed by atoms with van der Waals surface area (Å²) < 4.78 is 36.3. The number of nitrogens with zero attached hydrogens (tertiary/aromatic N) is 2. The summed E-state index contributed by atoms with van der Waals surface area (Å²) in [6.07, 6.45) is 0. The summed E-state index contributed by atoms with van der Waals surface area (Å²) in [6, 6.07) is 33.2. The molecular formula is C25H27ClN2O4. The molecule has 1 aliphatic rings. The average Bonchev–Trinajstić information content (AvgIpc) is 2.76. The molecule has 4 rings (SSSR count). The molecule has 6 nitrogen and oxygen atoms in total. The van der Waals surface area contributed by atoms with Crippen molar-refractivity contribution in [1.29, 1.82) is 0 Å². The molecule has 0 bridgehead atoms. The monoisotopic (exact) mass is 454 g/mol. The molecule has 0 amide bonds.